The van der Waals surface area contributed by atoms with Gasteiger partial charge in [0.2, 0.25) is 0 Å². The number of hydrogen-bond donors (Lipinski definition) is 0. The zero-order valence-corrected chi connectivity index (χ0v) is 15.5. The van der Waals surface area contributed by atoms with E-state index in [0.29, 0.717) is 0 Å². The molecule has 2 nitrogen and oxygen atoms in total. The van der Waals surface area contributed by atoms with Gasteiger partial charge >= 0.3 is 0 Å². The Morgan fingerprint density at radius 2 is 1.76 bits per heavy atom. The van der Waals surface area contributed by atoms with Gasteiger partial charge in [0.15, 0.2) is 0 Å². The summed E-state index contributed by atoms with van der Waals surface area (Å²) >= 11 is 3.50. The van der Waals surface area contributed by atoms with Gasteiger partial charge in [-0.3, -0.25) is 0 Å². The van der Waals surface area contributed by atoms with Gasteiger partial charge in [-0.05, 0) is 70.9 Å². The Morgan fingerprint density at radius 3 is 2.62 bits per heavy atom. The molecule has 1 aliphatic rings. The van der Waals surface area contributed by atoms with Gasteiger partial charge in [-0.1, -0.05) is 12.1 Å². The first-order valence-corrected chi connectivity index (χ1v) is 7.85. The monoisotopic (exact) mass is 454 g/mol. The summed E-state index contributed by atoms with van der Waals surface area (Å²) in [5.74, 6) is 0. The Hall–Kier alpha value is -0.880. The topological polar surface area (TPSA) is 17.3 Å². The molecule has 2 heterocycles. The largest absolute Gasteiger partial charge is 0.305 e. The van der Waals surface area contributed by atoms with Gasteiger partial charge < -0.3 is 4.40 Å². The Balaban J connectivity index is 0.00000132. The Kier molecular flexibility index (Phi) is 4.36. The van der Waals surface area contributed by atoms with Crippen molar-refractivity contribution in [2.45, 2.75) is 25.7 Å². The van der Waals surface area contributed by atoms with Crippen molar-refractivity contribution in [3.05, 3.63) is 58.3 Å². The van der Waals surface area contributed by atoms with Crippen LogP contribution in [0.3, 0.4) is 0 Å². The number of halogens is 2. The van der Waals surface area contributed by atoms with Crippen LogP contribution in [0.15, 0.2) is 47.2 Å². The van der Waals surface area contributed by atoms with E-state index in [4.69, 9.17) is 4.98 Å². The van der Waals surface area contributed by atoms with Crippen molar-refractivity contribution in [1.82, 2.24) is 9.38 Å². The van der Waals surface area contributed by atoms with Gasteiger partial charge in [-0.15, -0.1) is 24.0 Å². The quantitative estimate of drug-likeness (QED) is 0.458. The first-order valence-electron chi connectivity index (χ1n) is 7.06. The lowest BCUT2D eigenvalue weighted by molar-refractivity contribution is 0.686. The third-order valence-electron chi connectivity index (χ3n) is 4.06. The molecule has 0 saturated heterocycles. The van der Waals surface area contributed by atoms with Crippen LogP contribution < -0.4 is 0 Å². The molecule has 4 heteroatoms. The molecule has 1 aromatic carbocycles. The Morgan fingerprint density at radius 1 is 0.952 bits per heavy atom. The average molecular weight is 455 g/mol. The fourth-order valence-corrected chi connectivity index (χ4v) is 3.35. The number of pyridine rings is 1. The van der Waals surface area contributed by atoms with Crippen molar-refractivity contribution in [2.75, 3.05) is 0 Å². The van der Waals surface area contributed by atoms with Crippen LogP contribution in [0.1, 0.15) is 24.0 Å². The normalized spacial score (nSPS) is 13.8. The van der Waals surface area contributed by atoms with Gasteiger partial charge in [0.05, 0.1) is 5.69 Å². The van der Waals surface area contributed by atoms with E-state index in [0.717, 1.165) is 15.8 Å². The highest BCUT2D eigenvalue weighted by Crippen LogP contribution is 2.27. The van der Waals surface area contributed by atoms with Crippen molar-refractivity contribution in [3.63, 3.8) is 0 Å². The van der Waals surface area contributed by atoms with Crippen molar-refractivity contribution in [3.8, 4) is 11.3 Å². The van der Waals surface area contributed by atoms with E-state index in [2.05, 4.69) is 44.7 Å². The highest BCUT2D eigenvalue weighted by atomic mass is 127. The Bertz CT molecular complexity index is 795. The molecule has 0 atom stereocenters. The second-order valence-electron chi connectivity index (χ2n) is 5.43. The molecule has 0 saturated carbocycles. The molecule has 0 unspecified atom stereocenters. The molecule has 21 heavy (non-hydrogen) atoms. The zero-order valence-electron chi connectivity index (χ0n) is 11.6. The van der Waals surface area contributed by atoms with Crippen LogP contribution >= 0.6 is 39.9 Å². The lowest BCUT2D eigenvalue weighted by Gasteiger charge is -2.15. The molecule has 108 valence electrons. The lowest BCUT2D eigenvalue weighted by atomic mass is 9.90. The highest BCUT2D eigenvalue weighted by Gasteiger charge is 2.11. The third-order valence-corrected chi connectivity index (χ3v) is 4.53. The number of nitrogens with zero attached hydrogens (tertiary/aromatic N) is 2. The second-order valence-corrected chi connectivity index (χ2v) is 6.35. The molecule has 2 aromatic heterocycles. The van der Waals surface area contributed by atoms with E-state index in [9.17, 15) is 0 Å². The van der Waals surface area contributed by atoms with Crippen LogP contribution in [-0.4, -0.2) is 9.38 Å². The molecule has 0 bridgehead atoms. The summed E-state index contributed by atoms with van der Waals surface area (Å²) in [6.07, 6.45) is 9.23. The summed E-state index contributed by atoms with van der Waals surface area (Å²) < 4.78 is 3.14. The maximum absolute atomic E-state index is 4.72. The predicted molar refractivity (Wildman–Crippen MR) is 100 cm³/mol. The number of rotatable bonds is 1. The molecular formula is C17H16BrIN2. The van der Waals surface area contributed by atoms with E-state index < -0.39 is 0 Å². The molecule has 3 aromatic rings. The number of fused-ring (bicyclic) bond motifs is 2. The standard InChI is InChI=1S/C17H15BrN2.HI/c18-15-7-8-17-19-16(11-20(17)10-15)14-6-5-12-3-1-2-4-13(12)9-14;/h5-11H,1-4H2;1H. The summed E-state index contributed by atoms with van der Waals surface area (Å²) in [7, 11) is 0. The van der Waals surface area contributed by atoms with Crippen molar-refractivity contribution < 1.29 is 0 Å². The molecule has 0 aliphatic heterocycles. The minimum Gasteiger partial charge on any atom is -0.305 e. The van der Waals surface area contributed by atoms with E-state index in [1.807, 2.05) is 18.3 Å². The van der Waals surface area contributed by atoms with Crippen molar-refractivity contribution in [1.29, 1.82) is 0 Å². The van der Waals surface area contributed by atoms with Gasteiger partial charge in [-0.2, -0.15) is 0 Å². The predicted octanol–water partition coefficient (Wildman–Crippen LogP) is 5.26. The van der Waals surface area contributed by atoms with E-state index >= 15 is 0 Å². The van der Waals surface area contributed by atoms with Crippen LogP contribution in [0, 0.1) is 0 Å². The molecule has 1 aliphatic carbocycles. The van der Waals surface area contributed by atoms with Crippen molar-refractivity contribution >= 4 is 45.6 Å². The molecule has 0 radical (unpaired) electrons. The first-order chi connectivity index (χ1) is 9.79. The summed E-state index contributed by atoms with van der Waals surface area (Å²) in [6, 6.07) is 10.9. The maximum atomic E-state index is 4.72. The van der Waals surface area contributed by atoms with Gasteiger partial charge in [0, 0.05) is 22.4 Å². The SMILES string of the molecule is Brc1ccc2nc(-c3ccc4c(c3)CCCC4)cn2c1.I. The lowest BCUT2D eigenvalue weighted by Crippen LogP contribution is -2.02. The van der Waals surface area contributed by atoms with Crippen LogP contribution in [0.25, 0.3) is 16.9 Å². The number of imidazole rings is 1. The summed E-state index contributed by atoms with van der Waals surface area (Å²) in [6.45, 7) is 0. The Labute approximate surface area is 149 Å². The molecule has 4 rings (SSSR count). The maximum Gasteiger partial charge on any atom is 0.137 e. The number of aromatic nitrogens is 2. The average Bonchev–Trinajstić information content (AvgIpc) is 2.89. The van der Waals surface area contributed by atoms with Crippen LogP contribution in [-0.2, 0) is 12.8 Å². The molecule has 0 N–H and O–H groups in total. The second kappa shape index (κ2) is 6.08. The van der Waals surface area contributed by atoms with E-state index in [1.54, 1.807) is 0 Å². The smallest absolute Gasteiger partial charge is 0.137 e. The van der Waals surface area contributed by atoms with E-state index in [1.165, 1.54) is 42.4 Å². The fourth-order valence-electron chi connectivity index (χ4n) is 3.00. The minimum atomic E-state index is 0. The van der Waals surface area contributed by atoms with E-state index in [-0.39, 0.29) is 24.0 Å². The van der Waals surface area contributed by atoms with Crippen LogP contribution in [0.2, 0.25) is 0 Å². The number of hydrogen-bond acceptors (Lipinski definition) is 1. The van der Waals surface area contributed by atoms with Crippen LogP contribution in [0.5, 0.6) is 0 Å². The van der Waals surface area contributed by atoms with Crippen molar-refractivity contribution in [2.24, 2.45) is 0 Å². The highest BCUT2D eigenvalue weighted by molar-refractivity contribution is 14.0. The van der Waals surface area contributed by atoms with Gasteiger partial charge in [0.25, 0.3) is 0 Å². The first kappa shape index (κ1) is 15.0. The third kappa shape index (κ3) is 2.88. The molecular weight excluding hydrogens is 439 g/mol. The fraction of sp³-hybridized carbons (Fsp3) is 0.235. The van der Waals surface area contributed by atoms with Gasteiger partial charge in [-0.25, -0.2) is 4.98 Å². The molecule has 0 fully saturated rings. The summed E-state index contributed by atoms with van der Waals surface area (Å²) in [5.41, 5.74) is 6.29. The summed E-state index contributed by atoms with van der Waals surface area (Å²) in [5, 5.41) is 0. The number of aryl methyl sites for hydroxylation is 2. The number of benzene rings is 1. The summed E-state index contributed by atoms with van der Waals surface area (Å²) in [4.78, 5) is 4.72. The van der Waals surface area contributed by atoms with Gasteiger partial charge in [0.1, 0.15) is 5.65 Å². The zero-order chi connectivity index (χ0) is 13.5. The molecule has 0 spiro atoms. The molecule has 0 amide bonds. The van der Waals surface area contributed by atoms with Crippen LogP contribution in [0.4, 0.5) is 0 Å². The minimum absolute atomic E-state index is 0.